The molecule has 0 bridgehead atoms. The fourth-order valence-electron chi connectivity index (χ4n) is 2.91. The molecule has 1 saturated heterocycles. The van der Waals surface area contributed by atoms with E-state index in [1.54, 1.807) is 11.6 Å². The maximum atomic E-state index is 11.5. The first-order valence-corrected chi connectivity index (χ1v) is 8.62. The molecule has 3 aromatic rings. The number of rotatable bonds is 3. The van der Waals surface area contributed by atoms with E-state index in [-0.39, 0.29) is 16.8 Å². The van der Waals surface area contributed by atoms with E-state index >= 15 is 0 Å². The molecule has 2 aromatic heterocycles. The van der Waals surface area contributed by atoms with Crippen LogP contribution in [0, 0.1) is 10.1 Å². The molecule has 1 atom stereocenters. The SMILES string of the molecule is O=[N+]([O-])c1c(N2CCOC(c3ccccc3Cl)C2)nc2sccn12. The molecule has 24 heavy (non-hydrogen) atoms. The zero-order valence-corrected chi connectivity index (χ0v) is 14.0. The van der Waals surface area contributed by atoms with Crippen LogP contribution >= 0.6 is 22.9 Å². The molecule has 0 spiro atoms. The minimum Gasteiger partial charge on any atom is -0.370 e. The van der Waals surface area contributed by atoms with Crippen LogP contribution in [0.1, 0.15) is 11.7 Å². The molecule has 3 heterocycles. The highest BCUT2D eigenvalue weighted by Gasteiger charge is 2.32. The normalized spacial score (nSPS) is 18.2. The molecule has 7 nitrogen and oxygen atoms in total. The summed E-state index contributed by atoms with van der Waals surface area (Å²) in [7, 11) is 0. The fraction of sp³-hybridized carbons (Fsp3) is 0.267. The van der Waals surface area contributed by atoms with Gasteiger partial charge in [-0.1, -0.05) is 41.1 Å². The van der Waals surface area contributed by atoms with E-state index in [0.29, 0.717) is 35.5 Å². The van der Waals surface area contributed by atoms with Crippen LogP contribution in [-0.2, 0) is 4.74 Å². The maximum Gasteiger partial charge on any atom is 0.373 e. The number of halogens is 1. The smallest absolute Gasteiger partial charge is 0.370 e. The number of thiazole rings is 1. The number of benzene rings is 1. The van der Waals surface area contributed by atoms with Crippen LogP contribution in [0.15, 0.2) is 35.8 Å². The van der Waals surface area contributed by atoms with Gasteiger partial charge in [0.1, 0.15) is 12.3 Å². The Hall–Kier alpha value is -2.16. The van der Waals surface area contributed by atoms with Gasteiger partial charge in [-0.15, -0.1) is 0 Å². The lowest BCUT2D eigenvalue weighted by Crippen LogP contribution is -2.39. The van der Waals surface area contributed by atoms with Crippen LogP contribution in [0.5, 0.6) is 0 Å². The van der Waals surface area contributed by atoms with Crippen LogP contribution in [0.3, 0.4) is 0 Å². The third-order valence-electron chi connectivity index (χ3n) is 4.01. The molecular weight excluding hydrogens is 352 g/mol. The van der Waals surface area contributed by atoms with Gasteiger partial charge >= 0.3 is 5.82 Å². The van der Waals surface area contributed by atoms with Crippen molar-refractivity contribution in [3.05, 3.63) is 56.5 Å². The summed E-state index contributed by atoms with van der Waals surface area (Å²) >= 11 is 7.63. The third kappa shape index (κ3) is 2.52. The summed E-state index contributed by atoms with van der Waals surface area (Å²) < 4.78 is 7.34. The topological polar surface area (TPSA) is 72.9 Å². The van der Waals surface area contributed by atoms with Crippen molar-refractivity contribution in [3.8, 4) is 0 Å². The Morgan fingerprint density at radius 2 is 2.25 bits per heavy atom. The van der Waals surface area contributed by atoms with Crippen LogP contribution in [0.25, 0.3) is 4.96 Å². The van der Waals surface area contributed by atoms with E-state index < -0.39 is 0 Å². The van der Waals surface area contributed by atoms with E-state index in [0.717, 1.165) is 5.56 Å². The second-order valence-electron chi connectivity index (χ2n) is 5.40. The van der Waals surface area contributed by atoms with Gasteiger partial charge in [0.05, 0.1) is 13.2 Å². The average molecular weight is 365 g/mol. The molecule has 1 aliphatic rings. The minimum absolute atomic E-state index is 0.00828. The number of nitrogens with zero attached hydrogens (tertiary/aromatic N) is 4. The van der Waals surface area contributed by atoms with Crippen molar-refractivity contribution in [2.75, 3.05) is 24.6 Å². The molecule has 0 radical (unpaired) electrons. The largest absolute Gasteiger partial charge is 0.373 e. The maximum absolute atomic E-state index is 11.5. The Labute approximate surface area is 146 Å². The Balaban J connectivity index is 1.70. The molecule has 1 unspecified atom stereocenters. The van der Waals surface area contributed by atoms with Crippen LogP contribution < -0.4 is 4.90 Å². The number of anilines is 1. The van der Waals surface area contributed by atoms with E-state index in [1.807, 2.05) is 29.2 Å². The third-order valence-corrected chi connectivity index (χ3v) is 5.11. The molecule has 1 aromatic carbocycles. The number of morpholine rings is 1. The van der Waals surface area contributed by atoms with Crippen molar-refractivity contribution in [2.24, 2.45) is 0 Å². The zero-order chi connectivity index (χ0) is 16.7. The highest BCUT2D eigenvalue weighted by Crippen LogP contribution is 2.35. The Morgan fingerprint density at radius 1 is 1.42 bits per heavy atom. The van der Waals surface area contributed by atoms with Gasteiger partial charge in [0.2, 0.25) is 5.82 Å². The average Bonchev–Trinajstić information content (AvgIpc) is 3.15. The molecule has 4 rings (SSSR count). The van der Waals surface area contributed by atoms with Gasteiger partial charge < -0.3 is 19.8 Å². The Kier molecular flexibility index (Phi) is 3.87. The first-order valence-electron chi connectivity index (χ1n) is 7.36. The second-order valence-corrected chi connectivity index (χ2v) is 6.68. The Morgan fingerprint density at radius 3 is 3.04 bits per heavy atom. The van der Waals surface area contributed by atoms with Crippen molar-refractivity contribution < 1.29 is 9.66 Å². The van der Waals surface area contributed by atoms with Crippen molar-refractivity contribution in [1.82, 2.24) is 9.38 Å². The molecule has 9 heteroatoms. The van der Waals surface area contributed by atoms with E-state index in [1.165, 1.54) is 15.7 Å². The van der Waals surface area contributed by atoms with Crippen molar-refractivity contribution >= 4 is 39.5 Å². The number of imidazole rings is 1. The van der Waals surface area contributed by atoms with Crippen LogP contribution in [0.2, 0.25) is 5.02 Å². The molecular formula is C15H13ClN4O3S. The van der Waals surface area contributed by atoms with Gasteiger partial charge in [-0.25, -0.2) is 0 Å². The molecule has 0 N–H and O–H groups in total. The van der Waals surface area contributed by atoms with Gasteiger partial charge in [-0.3, -0.25) is 0 Å². The number of ether oxygens (including phenoxy) is 1. The Bertz CT molecular complexity index is 909. The lowest BCUT2D eigenvalue weighted by molar-refractivity contribution is -0.389. The molecule has 1 aliphatic heterocycles. The zero-order valence-electron chi connectivity index (χ0n) is 12.5. The molecule has 0 amide bonds. The summed E-state index contributed by atoms with van der Waals surface area (Å²) in [5, 5.41) is 13.9. The van der Waals surface area contributed by atoms with Crippen molar-refractivity contribution in [3.63, 3.8) is 0 Å². The highest BCUT2D eigenvalue weighted by molar-refractivity contribution is 7.15. The molecule has 124 valence electrons. The highest BCUT2D eigenvalue weighted by atomic mass is 35.5. The van der Waals surface area contributed by atoms with Gasteiger partial charge in [0.25, 0.3) is 4.96 Å². The van der Waals surface area contributed by atoms with Crippen molar-refractivity contribution in [2.45, 2.75) is 6.10 Å². The predicted molar refractivity (Wildman–Crippen MR) is 92.1 cm³/mol. The monoisotopic (exact) mass is 364 g/mol. The van der Waals surface area contributed by atoms with Crippen LogP contribution in [0.4, 0.5) is 11.6 Å². The molecule has 1 fully saturated rings. The number of hydrogen-bond acceptors (Lipinski definition) is 6. The van der Waals surface area contributed by atoms with E-state index in [4.69, 9.17) is 16.3 Å². The van der Waals surface area contributed by atoms with Crippen LogP contribution in [-0.4, -0.2) is 34.0 Å². The fourth-order valence-corrected chi connectivity index (χ4v) is 3.87. The number of fused-ring (bicyclic) bond motifs is 1. The quantitative estimate of drug-likeness (QED) is 0.525. The van der Waals surface area contributed by atoms with E-state index in [2.05, 4.69) is 4.98 Å². The first kappa shape index (κ1) is 15.4. The molecule has 0 aliphatic carbocycles. The van der Waals surface area contributed by atoms with E-state index in [9.17, 15) is 10.1 Å². The van der Waals surface area contributed by atoms with Gasteiger partial charge in [-0.05, 0) is 11.0 Å². The number of aromatic nitrogens is 2. The number of nitro groups is 1. The summed E-state index contributed by atoms with van der Waals surface area (Å²) in [5.74, 6) is 0.373. The molecule has 0 saturated carbocycles. The predicted octanol–water partition coefficient (Wildman–Crippen LogP) is 3.54. The summed E-state index contributed by atoms with van der Waals surface area (Å²) in [6.45, 7) is 1.47. The second kappa shape index (κ2) is 6.04. The summed E-state index contributed by atoms with van der Waals surface area (Å²) in [6.07, 6.45) is 1.42. The van der Waals surface area contributed by atoms with Crippen molar-refractivity contribution in [1.29, 1.82) is 0 Å². The van der Waals surface area contributed by atoms with Gasteiger partial charge in [0, 0.05) is 22.5 Å². The summed E-state index contributed by atoms with van der Waals surface area (Å²) in [6, 6.07) is 7.49. The summed E-state index contributed by atoms with van der Waals surface area (Å²) in [5.41, 5.74) is 0.882. The first-order chi connectivity index (χ1) is 11.6. The van der Waals surface area contributed by atoms with Gasteiger partial charge in [0.15, 0.2) is 0 Å². The minimum atomic E-state index is -0.387. The lowest BCUT2D eigenvalue weighted by Gasteiger charge is -2.33. The lowest BCUT2D eigenvalue weighted by atomic mass is 10.1. The van der Waals surface area contributed by atoms with Gasteiger partial charge in [-0.2, -0.15) is 9.38 Å². The summed E-state index contributed by atoms with van der Waals surface area (Å²) in [4.78, 5) is 18.1. The standard InChI is InChI=1S/C15H13ClN4O3S/c16-11-4-2-1-3-10(11)12-9-18(5-7-23-12)13-14(20(21)22)19-6-8-24-15(19)17-13/h1-4,6,8,12H,5,7,9H2. The number of hydrogen-bond donors (Lipinski definition) is 0.